The number of nitroso groups, excluding NO2 is 1. The quantitative estimate of drug-likeness (QED) is 0.194. The Balaban J connectivity index is 1.49. The highest BCUT2D eigenvalue weighted by atomic mass is 16.5. The van der Waals surface area contributed by atoms with Crippen molar-refractivity contribution in [1.82, 2.24) is 0 Å². The smallest absolute Gasteiger partial charge is 0.457 e. The topological polar surface area (TPSA) is 165 Å². The van der Waals surface area contributed by atoms with Crippen LogP contribution in [0.3, 0.4) is 0 Å². The summed E-state index contributed by atoms with van der Waals surface area (Å²) in [7, 11) is -3.13. The van der Waals surface area contributed by atoms with Crippen LogP contribution in [0.5, 0.6) is 23.0 Å². The fourth-order valence-electron chi connectivity index (χ4n) is 3.86. The minimum absolute atomic E-state index is 0.189. The van der Waals surface area contributed by atoms with Crippen LogP contribution in [0.15, 0.2) is 90.0 Å². The van der Waals surface area contributed by atoms with Gasteiger partial charge < -0.3 is 29.3 Å². The van der Waals surface area contributed by atoms with Gasteiger partial charge in [0.2, 0.25) is 0 Å². The molecule has 4 rings (SSSR count). The van der Waals surface area contributed by atoms with E-state index in [1.54, 1.807) is 60.7 Å². The first kappa shape index (κ1) is 28.0. The fourth-order valence-corrected chi connectivity index (χ4v) is 3.86. The Kier molecular flexibility index (Phi) is 9.26. The SMILES string of the molecule is N#Cc1ccc(Oc2ccc(B(O)OB(N=O)c3ccc(Oc4ccc(C#N)cc4)cc3CO)c(CO)c2)cc1. The summed E-state index contributed by atoms with van der Waals surface area (Å²) in [6, 6.07) is 26.1. The molecule has 3 N–H and O–H groups in total. The maximum atomic E-state index is 11.7. The van der Waals surface area contributed by atoms with Crippen LogP contribution in [-0.4, -0.2) is 29.4 Å². The first-order valence-electron chi connectivity index (χ1n) is 12.0. The predicted octanol–water partition coefficient (Wildman–Crippen LogP) is 2.87. The third-order valence-electron chi connectivity index (χ3n) is 5.89. The second-order valence-corrected chi connectivity index (χ2v) is 8.46. The molecule has 0 heterocycles. The van der Waals surface area contributed by atoms with Crippen LogP contribution in [-0.2, 0) is 17.8 Å². The van der Waals surface area contributed by atoms with E-state index in [9.17, 15) is 20.1 Å². The zero-order valence-electron chi connectivity index (χ0n) is 21.0. The minimum Gasteiger partial charge on any atom is -0.457 e. The molecule has 0 fully saturated rings. The normalized spacial score (nSPS) is 10.2. The lowest BCUT2D eigenvalue weighted by atomic mass is 9.66. The average molecular weight is 533 g/mol. The monoisotopic (exact) mass is 533 g/mol. The van der Waals surface area contributed by atoms with E-state index in [4.69, 9.17) is 24.6 Å². The number of hydrogen-bond donors (Lipinski definition) is 3. The molecule has 0 saturated heterocycles. The number of ether oxygens (including phenoxy) is 2. The Morgan fingerprint density at radius 2 is 1.10 bits per heavy atom. The molecule has 0 aromatic heterocycles. The maximum Gasteiger partial charge on any atom is 0.507 e. The van der Waals surface area contributed by atoms with E-state index in [1.807, 2.05) is 12.1 Å². The number of aliphatic hydroxyl groups excluding tert-OH is 2. The molecule has 0 spiro atoms. The molecule has 0 aliphatic carbocycles. The fraction of sp³-hybridized carbons (Fsp3) is 0.0714. The van der Waals surface area contributed by atoms with Gasteiger partial charge in [0.1, 0.15) is 23.0 Å². The molecule has 0 amide bonds. The third kappa shape index (κ3) is 6.72. The molecule has 10 nitrogen and oxygen atoms in total. The van der Waals surface area contributed by atoms with Crippen molar-refractivity contribution < 1.29 is 29.3 Å². The van der Waals surface area contributed by atoms with Crippen LogP contribution in [0.4, 0.5) is 0 Å². The molecule has 0 saturated carbocycles. The van der Waals surface area contributed by atoms with Crippen LogP contribution in [0.2, 0.25) is 0 Å². The first-order valence-corrected chi connectivity index (χ1v) is 12.0. The summed E-state index contributed by atoms with van der Waals surface area (Å²) in [4.78, 5) is 11.7. The molecule has 196 valence electrons. The molecule has 4 aromatic carbocycles. The molecule has 0 unspecified atom stereocenters. The van der Waals surface area contributed by atoms with E-state index in [0.717, 1.165) is 0 Å². The average Bonchev–Trinajstić information content (AvgIpc) is 3.00. The molecule has 0 atom stereocenters. The Bertz CT molecular complexity index is 1570. The van der Waals surface area contributed by atoms with E-state index in [2.05, 4.69) is 5.09 Å². The lowest BCUT2D eigenvalue weighted by molar-refractivity contribution is 0.281. The van der Waals surface area contributed by atoms with Gasteiger partial charge in [-0.15, -0.1) is 0 Å². The highest BCUT2D eigenvalue weighted by Gasteiger charge is 2.32. The molecular formula is C28H21B2N3O7. The summed E-state index contributed by atoms with van der Waals surface area (Å²) in [5, 5.41) is 51.4. The Hall–Kier alpha value is -4.97. The highest BCUT2D eigenvalue weighted by Crippen LogP contribution is 2.24. The van der Waals surface area contributed by atoms with Crippen molar-refractivity contribution in [3.05, 3.63) is 112 Å². The predicted molar refractivity (Wildman–Crippen MR) is 147 cm³/mol. The maximum absolute atomic E-state index is 11.7. The van der Waals surface area contributed by atoms with Crippen molar-refractivity contribution in [1.29, 1.82) is 10.5 Å². The Labute approximate surface area is 230 Å². The molecular weight excluding hydrogens is 512 g/mol. The second kappa shape index (κ2) is 13.2. The second-order valence-electron chi connectivity index (χ2n) is 8.46. The highest BCUT2D eigenvalue weighted by molar-refractivity contribution is 6.76. The van der Waals surface area contributed by atoms with Crippen LogP contribution in [0.25, 0.3) is 0 Å². The van der Waals surface area contributed by atoms with Gasteiger partial charge in [-0.3, -0.25) is 0 Å². The van der Waals surface area contributed by atoms with Crippen molar-refractivity contribution in [3.63, 3.8) is 0 Å². The summed E-state index contributed by atoms with van der Waals surface area (Å²) in [6.07, 6.45) is 0. The van der Waals surface area contributed by atoms with Gasteiger partial charge in [0.15, 0.2) is 0 Å². The number of nitriles is 2. The molecule has 0 aliphatic heterocycles. The number of rotatable bonds is 11. The van der Waals surface area contributed by atoms with Gasteiger partial charge in [0, 0.05) is 0 Å². The van der Waals surface area contributed by atoms with Crippen LogP contribution < -0.4 is 20.4 Å². The van der Waals surface area contributed by atoms with E-state index in [1.165, 1.54) is 24.3 Å². The van der Waals surface area contributed by atoms with E-state index < -0.39 is 27.4 Å². The number of nitrogens with zero attached hydrogens (tertiary/aromatic N) is 3. The van der Waals surface area contributed by atoms with Crippen molar-refractivity contribution in [2.24, 2.45) is 5.09 Å². The van der Waals surface area contributed by atoms with E-state index in [-0.39, 0.29) is 22.1 Å². The van der Waals surface area contributed by atoms with Gasteiger partial charge in [-0.25, -0.2) is 0 Å². The summed E-state index contributed by atoms with van der Waals surface area (Å²) in [6.45, 7) is -0.919. The van der Waals surface area contributed by atoms with Gasteiger partial charge in [0.25, 0.3) is 0 Å². The minimum atomic E-state index is -1.64. The third-order valence-corrected chi connectivity index (χ3v) is 5.89. The van der Waals surface area contributed by atoms with Crippen LogP contribution in [0.1, 0.15) is 22.3 Å². The largest absolute Gasteiger partial charge is 0.507 e. The number of aliphatic hydroxyl groups is 2. The van der Waals surface area contributed by atoms with Crippen molar-refractivity contribution >= 4 is 25.1 Å². The van der Waals surface area contributed by atoms with Gasteiger partial charge in [-0.1, -0.05) is 17.2 Å². The van der Waals surface area contributed by atoms with Gasteiger partial charge >= 0.3 is 14.2 Å². The molecule has 12 heteroatoms. The molecule has 0 radical (unpaired) electrons. The molecule has 40 heavy (non-hydrogen) atoms. The van der Waals surface area contributed by atoms with E-state index >= 15 is 0 Å². The van der Waals surface area contributed by atoms with Gasteiger partial charge in [-0.2, -0.15) is 15.4 Å². The Morgan fingerprint density at radius 1 is 0.675 bits per heavy atom. The van der Waals surface area contributed by atoms with Crippen LogP contribution in [0, 0.1) is 27.6 Å². The van der Waals surface area contributed by atoms with Crippen molar-refractivity contribution in [2.45, 2.75) is 13.2 Å². The zero-order valence-corrected chi connectivity index (χ0v) is 21.0. The van der Waals surface area contributed by atoms with Crippen molar-refractivity contribution in [3.8, 4) is 35.1 Å². The first-order chi connectivity index (χ1) is 19.5. The molecule has 4 aromatic rings. The number of benzene rings is 4. The number of hydrogen-bond acceptors (Lipinski definition) is 10. The zero-order chi connectivity index (χ0) is 28.5. The molecule has 0 bridgehead atoms. The van der Waals surface area contributed by atoms with Gasteiger partial charge in [0.05, 0.1) is 36.5 Å². The lowest BCUT2D eigenvalue weighted by Gasteiger charge is -2.17. The molecule has 0 aliphatic rings. The summed E-state index contributed by atoms with van der Waals surface area (Å²) < 4.78 is 17.1. The van der Waals surface area contributed by atoms with Gasteiger partial charge in [-0.05, 0) is 94.8 Å². The van der Waals surface area contributed by atoms with E-state index in [0.29, 0.717) is 34.1 Å². The van der Waals surface area contributed by atoms with Crippen LogP contribution >= 0.6 is 0 Å². The Morgan fingerprint density at radius 3 is 1.52 bits per heavy atom. The van der Waals surface area contributed by atoms with Crippen molar-refractivity contribution in [2.75, 3.05) is 0 Å². The summed E-state index contributed by atoms with van der Waals surface area (Å²) in [5.74, 6) is 1.68. The summed E-state index contributed by atoms with van der Waals surface area (Å²) >= 11 is 0. The summed E-state index contributed by atoms with van der Waals surface area (Å²) in [5.41, 5.74) is 1.94. The lowest BCUT2D eigenvalue weighted by Crippen LogP contribution is -2.46. The standard InChI is InChI=1S/C28H21B2N3O7/c31-15-19-1-5-23(6-2-19)38-25-9-11-27(21(13-25)17-34)29(33-37)40-30(36)28-12-10-26(14-22(28)18-35)39-24-7-3-20(16-32)4-8-24/h1-14,34-36H,17-18H2.